The Hall–Kier alpha value is -2.67. The van der Waals surface area contributed by atoms with Crippen molar-refractivity contribution in [2.24, 2.45) is 0 Å². The van der Waals surface area contributed by atoms with Crippen LogP contribution in [0.2, 0.25) is 0 Å². The van der Waals surface area contributed by atoms with Crippen LogP contribution < -0.4 is 10.4 Å². The van der Waals surface area contributed by atoms with Crippen molar-refractivity contribution in [2.45, 2.75) is 25.2 Å². The lowest BCUT2D eigenvalue weighted by Crippen LogP contribution is -2.24. The smallest absolute Gasteiger partial charge is 0.120 e. The molecule has 1 unspecified atom stereocenters. The van der Waals surface area contributed by atoms with Gasteiger partial charge in [0.05, 0.1) is 5.92 Å². The predicted octanol–water partition coefficient (Wildman–Crippen LogP) is 4.31. The summed E-state index contributed by atoms with van der Waals surface area (Å²) in [6.07, 6.45) is 5.60. The first-order valence-electron chi connectivity index (χ1n) is 9.00. The maximum absolute atomic E-state index is 15.7. The van der Waals surface area contributed by atoms with E-state index in [2.05, 4.69) is 18.2 Å². The molecular weight excluding hydrogens is 307 g/mol. The first-order valence-corrected chi connectivity index (χ1v) is 9.00. The molecule has 0 amide bonds. The summed E-state index contributed by atoms with van der Waals surface area (Å²) in [6, 6.07) is 22.4. The molecule has 0 saturated carbocycles. The molecule has 1 heteroatoms. The maximum Gasteiger partial charge on any atom is 0.120 e. The zero-order valence-electron chi connectivity index (χ0n) is 14.0. The second kappa shape index (κ2) is 5.70. The number of benzene rings is 3. The van der Waals surface area contributed by atoms with Gasteiger partial charge in [-0.25, -0.2) is 4.39 Å². The molecule has 122 valence electrons. The van der Waals surface area contributed by atoms with Crippen LogP contribution in [0.25, 0.3) is 11.9 Å². The fourth-order valence-corrected chi connectivity index (χ4v) is 4.42. The summed E-state index contributed by atoms with van der Waals surface area (Å²) in [7, 11) is 0. The van der Waals surface area contributed by atoms with Gasteiger partial charge in [0.2, 0.25) is 0 Å². The SMILES string of the molecule is FC1=c2ccccc2=c2ccc3c(c2C1c1ccccc1)CCCC=3. The number of hydrogen-bond donors (Lipinski definition) is 0. The van der Waals surface area contributed by atoms with Crippen LogP contribution in [0.4, 0.5) is 4.39 Å². The Kier molecular flexibility index (Phi) is 3.34. The number of fused-ring (bicyclic) bond motifs is 4. The molecule has 2 aliphatic rings. The molecule has 0 aromatic heterocycles. The van der Waals surface area contributed by atoms with Gasteiger partial charge in [-0.15, -0.1) is 0 Å². The molecule has 3 aromatic carbocycles. The molecular formula is C24H19F. The molecule has 3 aromatic rings. The second-order valence-electron chi connectivity index (χ2n) is 6.93. The van der Waals surface area contributed by atoms with Crippen molar-refractivity contribution >= 4 is 11.9 Å². The third-order valence-electron chi connectivity index (χ3n) is 5.54. The van der Waals surface area contributed by atoms with E-state index in [4.69, 9.17) is 0 Å². The van der Waals surface area contributed by atoms with Crippen molar-refractivity contribution in [1.82, 2.24) is 0 Å². The third-order valence-corrected chi connectivity index (χ3v) is 5.54. The predicted molar refractivity (Wildman–Crippen MR) is 100 cm³/mol. The molecule has 0 radical (unpaired) electrons. The highest BCUT2D eigenvalue weighted by molar-refractivity contribution is 5.62. The molecule has 0 saturated heterocycles. The summed E-state index contributed by atoms with van der Waals surface area (Å²) >= 11 is 0. The topological polar surface area (TPSA) is 0 Å². The van der Waals surface area contributed by atoms with E-state index in [-0.39, 0.29) is 11.7 Å². The van der Waals surface area contributed by atoms with E-state index >= 15 is 4.39 Å². The van der Waals surface area contributed by atoms with E-state index in [0.717, 1.165) is 35.3 Å². The second-order valence-corrected chi connectivity index (χ2v) is 6.93. The Morgan fingerprint density at radius 3 is 2.36 bits per heavy atom. The van der Waals surface area contributed by atoms with Gasteiger partial charge in [-0.2, -0.15) is 0 Å². The van der Waals surface area contributed by atoms with Crippen LogP contribution >= 0.6 is 0 Å². The van der Waals surface area contributed by atoms with Gasteiger partial charge in [-0.05, 0) is 51.6 Å². The van der Waals surface area contributed by atoms with E-state index in [1.807, 2.05) is 54.6 Å². The van der Waals surface area contributed by atoms with Crippen molar-refractivity contribution in [3.05, 3.63) is 104 Å². The molecule has 0 spiro atoms. The Morgan fingerprint density at radius 2 is 1.52 bits per heavy atom. The van der Waals surface area contributed by atoms with Crippen molar-refractivity contribution in [3.8, 4) is 0 Å². The third kappa shape index (κ3) is 2.19. The van der Waals surface area contributed by atoms with Crippen LogP contribution in [0.3, 0.4) is 0 Å². The molecule has 0 nitrogen and oxygen atoms in total. The van der Waals surface area contributed by atoms with Crippen LogP contribution in [0.1, 0.15) is 35.4 Å². The minimum atomic E-state index is -0.299. The maximum atomic E-state index is 15.7. The molecule has 5 rings (SSSR count). The highest BCUT2D eigenvalue weighted by Gasteiger charge is 2.27. The fraction of sp³-hybridized carbons (Fsp3) is 0.167. The van der Waals surface area contributed by atoms with E-state index < -0.39 is 0 Å². The Morgan fingerprint density at radius 1 is 0.760 bits per heavy atom. The van der Waals surface area contributed by atoms with Crippen LogP contribution in [-0.2, 0) is 6.42 Å². The Labute approximate surface area is 146 Å². The molecule has 0 aliphatic heterocycles. The Balaban J connectivity index is 2.00. The van der Waals surface area contributed by atoms with E-state index in [1.165, 1.54) is 21.6 Å². The molecule has 0 bridgehead atoms. The van der Waals surface area contributed by atoms with Gasteiger partial charge in [0.25, 0.3) is 0 Å². The normalized spacial score (nSPS) is 18.0. The fourth-order valence-electron chi connectivity index (χ4n) is 4.42. The highest BCUT2D eigenvalue weighted by atomic mass is 19.1. The standard InChI is InChI=1S/C24H19F/c25-24-21-13-7-6-12-19(21)20-15-14-16-8-4-5-11-18(16)23(20)22(24)17-9-2-1-3-10-17/h1-3,6-10,12-15,22H,4-5,11H2. The van der Waals surface area contributed by atoms with Gasteiger partial charge in [0.1, 0.15) is 5.83 Å². The summed E-state index contributed by atoms with van der Waals surface area (Å²) < 4.78 is 15.7. The van der Waals surface area contributed by atoms with E-state index in [1.54, 1.807) is 0 Å². The number of halogens is 1. The van der Waals surface area contributed by atoms with Crippen molar-refractivity contribution in [1.29, 1.82) is 0 Å². The number of hydrogen-bond acceptors (Lipinski definition) is 0. The summed E-state index contributed by atoms with van der Waals surface area (Å²) in [6.45, 7) is 0. The first-order chi connectivity index (χ1) is 12.3. The average Bonchev–Trinajstić information content (AvgIpc) is 2.69. The number of rotatable bonds is 1. The molecule has 2 aliphatic carbocycles. The van der Waals surface area contributed by atoms with Crippen LogP contribution in [0.5, 0.6) is 0 Å². The zero-order valence-corrected chi connectivity index (χ0v) is 14.0. The monoisotopic (exact) mass is 326 g/mol. The highest BCUT2D eigenvalue weighted by Crippen LogP contribution is 2.37. The van der Waals surface area contributed by atoms with Gasteiger partial charge in [0, 0.05) is 5.22 Å². The summed E-state index contributed by atoms with van der Waals surface area (Å²) in [4.78, 5) is 0. The lowest BCUT2D eigenvalue weighted by atomic mass is 9.79. The summed E-state index contributed by atoms with van der Waals surface area (Å²) in [5, 5.41) is 4.25. The zero-order chi connectivity index (χ0) is 16.8. The van der Waals surface area contributed by atoms with Gasteiger partial charge >= 0.3 is 0 Å². The van der Waals surface area contributed by atoms with Gasteiger partial charge in [0.15, 0.2) is 0 Å². The van der Waals surface area contributed by atoms with Crippen molar-refractivity contribution in [3.63, 3.8) is 0 Å². The Bertz CT molecular complexity index is 1170. The van der Waals surface area contributed by atoms with E-state index in [9.17, 15) is 0 Å². The van der Waals surface area contributed by atoms with Crippen LogP contribution in [0.15, 0.2) is 66.7 Å². The molecule has 0 heterocycles. The van der Waals surface area contributed by atoms with Gasteiger partial charge in [-0.1, -0.05) is 72.8 Å². The lowest BCUT2D eigenvalue weighted by Gasteiger charge is -2.25. The van der Waals surface area contributed by atoms with E-state index in [0.29, 0.717) is 0 Å². The van der Waals surface area contributed by atoms with Crippen LogP contribution in [0, 0.1) is 10.4 Å². The molecule has 25 heavy (non-hydrogen) atoms. The quantitative estimate of drug-likeness (QED) is 0.625. The molecule has 0 N–H and O–H groups in total. The average molecular weight is 326 g/mol. The summed E-state index contributed by atoms with van der Waals surface area (Å²) in [5.74, 6) is -0.319. The minimum Gasteiger partial charge on any atom is -0.210 e. The lowest BCUT2D eigenvalue weighted by molar-refractivity contribution is 0.673. The molecule has 0 fully saturated rings. The van der Waals surface area contributed by atoms with Crippen molar-refractivity contribution in [2.75, 3.05) is 0 Å². The van der Waals surface area contributed by atoms with Gasteiger partial charge in [-0.3, -0.25) is 0 Å². The molecule has 1 atom stereocenters. The largest absolute Gasteiger partial charge is 0.210 e. The van der Waals surface area contributed by atoms with Crippen molar-refractivity contribution < 1.29 is 4.39 Å². The minimum absolute atomic E-state index is 0.0201. The summed E-state index contributed by atoms with van der Waals surface area (Å²) in [5.41, 5.74) is 3.55. The van der Waals surface area contributed by atoms with Crippen LogP contribution in [-0.4, -0.2) is 0 Å². The first kappa shape index (κ1) is 14.7. The van der Waals surface area contributed by atoms with Gasteiger partial charge < -0.3 is 0 Å².